The molecule has 20 heavy (non-hydrogen) atoms. The second-order valence-corrected chi connectivity index (χ2v) is 6.64. The predicted molar refractivity (Wildman–Crippen MR) is 88.7 cm³/mol. The third-order valence-corrected chi connectivity index (χ3v) is 3.92. The van der Waals surface area contributed by atoms with Gasteiger partial charge in [-0.15, -0.1) is 0 Å². The lowest BCUT2D eigenvalue weighted by Crippen LogP contribution is -2.37. The molecule has 0 aliphatic rings. The van der Waals surface area contributed by atoms with Crippen LogP contribution in [0, 0.1) is 0 Å². The highest BCUT2D eigenvalue weighted by atomic mass is 35.5. The molecule has 0 saturated heterocycles. The van der Waals surface area contributed by atoms with E-state index >= 15 is 0 Å². The molecule has 1 unspecified atom stereocenters. The average Bonchev–Trinajstić information content (AvgIpc) is 2.43. The van der Waals surface area contributed by atoms with Gasteiger partial charge in [-0.05, 0) is 19.3 Å². The average molecular weight is 327 g/mol. The maximum absolute atomic E-state index is 6.30. The molecule has 2 nitrogen and oxygen atoms in total. The van der Waals surface area contributed by atoms with E-state index in [1.54, 1.807) is 0 Å². The molecule has 0 radical (unpaired) electrons. The zero-order chi connectivity index (χ0) is 15.3. The van der Waals surface area contributed by atoms with Crippen molar-refractivity contribution in [2.24, 2.45) is 0 Å². The number of rotatable bonds is 14. The van der Waals surface area contributed by atoms with Gasteiger partial charge in [0.05, 0.1) is 0 Å². The number of hydrogen-bond acceptors (Lipinski definition) is 2. The fourth-order valence-corrected chi connectivity index (χ4v) is 2.55. The van der Waals surface area contributed by atoms with Crippen LogP contribution in [-0.2, 0) is 9.47 Å². The number of halogens is 2. The molecule has 1 atom stereocenters. The zero-order valence-electron chi connectivity index (χ0n) is 13.4. The van der Waals surface area contributed by atoms with Gasteiger partial charge in [-0.1, -0.05) is 82.5 Å². The molecule has 0 saturated carbocycles. The topological polar surface area (TPSA) is 18.5 Å². The largest absolute Gasteiger partial charge is 0.373 e. The molecule has 0 heterocycles. The molecule has 4 heteroatoms. The highest BCUT2D eigenvalue weighted by Gasteiger charge is 2.36. The van der Waals surface area contributed by atoms with E-state index in [0.717, 1.165) is 25.7 Å². The Kier molecular flexibility index (Phi) is 13.5. The van der Waals surface area contributed by atoms with Gasteiger partial charge in [-0.3, -0.25) is 0 Å². The van der Waals surface area contributed by atoms with Gasteiger partial charge < -0.3 is 9.47 Å². The van der Waals surface area contributed by atoms with Crippen molar-refractivity contribution in [3.8, 4) is 0 Å². The van der Waals surface area contributed by atoms with E-state index < -0.39 is 4.52 Å². The van der Waals surface area contributed by atoms with E-state index in [1.165, 1.54) is 32.1 Å². The molecule has 0 N–H and O–H groups in total. The van der Waals surface area contributed by atoms with E-state index in [9.17, 15) is 0 Å². The van der Waals surface area contributed by atoms with Crippen molar-refractivity contribution in [1.29, 1.82) is 0 Å². The van der Waals surface area contributed by atoms with Crippen LogP contribution in [0.15, 0.2) is 0 Å². The summed E-state index contributed by atoms with van der Waals surface area (Å²) in [6.07, 6.45) is 10.00. The van der Waals surface area contributed by atoms with E-state index in [1.807, 2.05) is 6.92 Å². The number of ether oxygens (including phenoxy) is 2. The first kappa shape index (κ1) is 20.5. The highest BCUT2D eigenvalue weighted by molar-refractivity contribution is 6.47. The van der Waals surface area contributed by atoms with Gasteiger partial charge in [0, 0.05) is 13.2 Å². The number of unbranched alkanes of at least 4 members (excludes halogenated alkanes) is 5. The maximum Gasteiger partial charge on any atom is 0.244 e. The number of hydrogen-bond donors (Lipinski definition) is 0. The number of alkyl halides is 2. The first-order valence-corrected chi connectivity index (χ1v) is 8.97. The van der Waals surface area contributed by atoms with Gasteiger partial charge >= 0.3 is 0 Å². The van der Waals surface area contributed by atoms with Crippen LogP contribution >= 0.6 is 23.2 Å². The van der Waals surface area contributed by atoms with E-state index in [0.29, 0.717) is 13.2 Å². The fourth-order valence-electron chi connectivity index (χ4n) is 2.05. The molecule has 0 amide bonds. The van der Waals surface area contributed by atoms with E-state index in [-0.39, 0.29) is 6.10 Å². The monoisotopic (exact) mass is 326 g/mol. The molecule has 0 bridgehead atoms. The normalized spacial score (nSPS) is 13.7. The van der Waals surface area contributed by atoms with Gasteiger partial charge in [-0.2, -0.15) is 0 Å². The Balaban J connectivity index is 4.06. The predicted octanol–water partition coefficient (Wildman–Crippen LogP) is 6.09. The molecular formula is C16H32Cl2O2. The van der Waals surface area contributed by atoms with Crippen molar-refractivity contribution in [3.63, 3.8) is 0 Å². The Labute approximate surface area is 135 Å². The van der Waals surface area contributed by atoms with Crippen molar-refractivity contribution in [1.82, 2.24) is 0 Å². The standard InChI is InChI=1S/C16H32Cl2O2/c1-4-7-8-9-10-11-12-15(19-13-5-2)16(17,18)20-14-6-3/h15H,4-14H2,1-3H3. The minimum Gasteiger partial charge on any atom is -0.373 e. The van der Waals surface area contributed by atoms with Gasteiger partial charge in [0.1, 0.15) is 6.10 Å². The third-order valence-electron chi connectivity index (χ3n) is 3.22. The van der Waals surface area contributed by atoms with Gasteiger partial charge in [0.15, 0.2) is 0 Å². The van der Waals surface area contributed by atoms with Crippen molar-refractivity contribution >= 4 is 23.2 Å². The molecule has 0 rings (SSSR count). The van der Waals surface area contributed by atoms with E-state index in [4.69, 9.17) is 32.7 Å². The van der Waals surface area contributed by atoms with Crippen LogP contribution in [-0.4, -0.2) is 23.8 Å². The minimum absolute atomic E-state index is 0.233. The second-order valence-electron chi connectivity index (χ2n) is 5.33. The van der Waals surface area contributed by atoms with Crippen molar-refractivity contribution in [2.45, 2.75) is 89.2 Å². The quantitative estimate of drug-likeness (QED) is 0.284. The first-order chi connectivity index (χ1) is 9.58. The summed E-state index contributed by atoms with van der Waals surface area (Å²) in [5.41, 5.74) is 0. The lowest BCUT2D eigenvalue weighted by Gasteiger charge is -2.30. The molecular weight excluding hydrogens is 295 g/mol. The Morgan fingerprint density at radius 2 is 1.40 bits per heavy atom. The van der Waals surface area contributed by atoms with Crippen LogP contribution < -0.4 is 0 Å². The molecule has 0 spiro atoms. The maximum atomic E-state index is 6.30. The Morgan fingerprint density at radius 3 is 2.00 bits per heavy atom. The summed E-state index contributed by atoms with van der Waals surface area (Å²) >= 11 is 12.6. The molecule has 0 aromatic heterocycles. The summed E-state index contributed by atoms with van der Waals surface area (Å²) in [7, 11) is 0. The highest BCUT2D eigenvalue weighted by Crippen LogP contribution is 2.32. The molecule has 0 fully saturated rings. The second kappa shape index (κ2) is 13.2. The summed E-state index contributed by atoms with van der Waals surface area (Å²) in [4.78, 5) is 0. The zero-order valence-corrected chi connectivity index (χ0v) is 14.9. The van der Waals surface area contributed by atoms with Gasteiger partial charge in [0.2, 0.25) is 4.52 Å². The van der Waals surface area contributed by atoms with Crippen LogP contribution in [0.5, 0.6) is 0 Å². The Morgan fingerprint density at radius 1 is 0.800 bits per heavy atom. The summed E-state index contributed by atoms with van der Waals surface area (Å²) in [5.74, 6) is 0. The smallest absolute Gasteiger partial charge is 0.244 e. The van der Waals surface area contributed by atoms with Crippen LogP contribution in [0.4, 0.5) is 0 Å². The summed E-state index contributed by atoms with van der Waals surface area (Å²) < 4.78 is 10.1. The van der Waals surface area contributed by atoms with Crippen molar-refractivity contribution in [3.05, 3.63) is 0 Å². The fraction of sp³-hybridized carbons (Fsp3) is 1.00. The van der Waals surface area contributed by atoms with Crippen LogP contribution in [0.25, 0.3) is 0 Å². The van der Waals surface area contributed by atoms with Crippen LogP contribution in [0.3, 0.4) is 0 Å². The minimum atomic E-state index is -1.21. The first-order valence-electron chi connectivity index (χ1n) is 8.21. The summed E-state index contributed by atoms with van der Waals surface area (Å²) in [5, 5.41) is 0. The van der Waals surface area contributed by atoms with Crippen LogP contribution in [0.1, 0.15) is 78.6 Å². The molecule has 0 aromatic carbocycles. The van der Waals surface area contributed by atoms with E-state index in [2.05, 4.69) is 13.8 Å². The van der Waals surface area contributed by atoms with Crippen molar-refractivity contribution < 1.29 is 9.47 Å². The van der Waals surface area contributed by atoms with Gasteiger partial charge in [0.25, 0.3) is 0 Å². The van der Waals surface area contributed by atoms with Crippen molar-refractivity contribution in [2.75, 3.05) is 13.2 Å². The molecule has 0 aliphatic heterocycles. The lowest BCUT2D eigenvalue weighted by molar-refractivity contribution is -0.0618. The third kappa shape index (κ3) is 10.3. The SMILES string of the molecule is CCCCCCCCC(OCCC)C(Cl)(Cl)OCCC. The summed E-state index contributed by atoms with van der Waals surface area (Å²) in [6, 6.07) is 0. The molecule has 0 aliphatic carbocycles. The summed E-state index contributed by atoms with van der Waals surface area (Å²) in [6.45, 7) is 7.60. The molecule has 122 valence electrons. The lowest BCUT2D eigenvalue weighted by atomic mass is 10.1. The Hall–Kier alpha value is 0.500. The van der Waals surface area contributed by atoms with Crippen LogP contribution in [0.2, 0.25) is 0 Å². The molecule has 0 aromatic rings. The Bertz CT molecular complexity index is 211. The van der Waals surface area contributed by atoms with Gasteiger partial charge in [-0.25, -0.2) is 0 Å².